The highest BCUT2D eigenvalue weighted by Crippen LogP contribution is 2.30. The standard InChI is InChI=1S/C18H25N3O3/c1-11(2)18(24)21-9-5-6-13-10-14(7-8-15(13)21)20-17(23)16(22)19-12(3)4/h7-8,10-12H,5-6,9H2,1-4H3,(H,19,22)(H,20,23). The Morgan fingerprint density at radius 1 is 1.08 bits per heavy atom. The lowest BCUT2D eigenvalue weighted by Crippen LogP contribution is -2.39. The third-order valence-electron chi connectivity index (χ3n) is 3.84. The molecule has 0 spiro atoms. The van der Waals surface area contributed by atoms with Crippen LogP contribution in [0.1, 0.15) is 39.7 Å². The third-order valence-corrected chi connectivity index (χ3v) is 3.84. The van der Waals surface area contributed by atoms with Crippen molar-refractivity contribution >= 4 is 29.1 Å². The Kier molecular flexibility index (Phi) is 5.59. The molecule has 0 aliphatic carbocycles. The molecule has 6 heteroatoms. The fraction of sp³-hybridized carbons (Fsp3) is 0.500. The number of aryl methyl sites for hydroxylation is 1. The largest absolute Gasteiger partial charge is 0.346 e. The second-order valence-corrected chi connectivity index (χ2v) is 6.67. The molecule has 2 N–H and O–H groups in total. The normalized spacial score (nSPS) is 13.7. The molecule has 0 unspecified atom stereocenters. The van der Waals surface area contributed by atoms with E-state index in [0.29, 0.717) is 12.2 Å². The van der Waals surface area contributed by atoms with E-state index in [4.69, 9.17) is 0 Å². The lowest BCUT2D eigenvalue weighted by atomic mass is 9.99. The highest BCUT2D eigenvalue weighted by Gasteiger charge is 2.25. The van der Waals surface area contributed by atoms with Crippen molar-refractivity contribution < 1.29 is 14.4 Å². The molecule has 0 saturated carbocycles. The second kappa shape index (κ2) is 7.47. The highest BCUT2D eigenvalue weighted by atomic mass is 16.2. The Morgan fingerprint density at radius 2 is 1.79 bits per heavy atom. The fourth-order valence-corrected chi connectivity index (χ4v) is 2.73. The lowest BCUT2D eigenvalue weighted by molar-refractivity contribution is -0.136. The van der Waals surface area contributed by atoms with Crippen LogP contribution in [0.15, 0.2) is 18.2 Å². The Hall–Kier alpha value is -2.37. The van der Waals surface area contributed by atoms with E-state index in [1.54, 1.807) is 24.8 Å². The number of hydrogen-bond donors (Lipinski definition) is 2. The van der Waals surface area contributed by atoms with Crippen molar-refractivity contribution in [1.82, 2.24) is 5.32 Å². The van der Waals surface area contributed by atoms with Gasteiger partial charge in [-0.3, -0.25) is 14.4 Å². The maximum absolute atomic E-state index is 12.3. The molecule has 0 atom stereocenters. The van der Waals surface area contributed by atoms with E-state index in [0.717, 1.165) is 24.1 Å². The molecular weight excluding hydrogens is 306 g/mol. The maximum atomic E-state index is 12.3. The predicted molar refractivity (Wildman–Crippen MR) is 93.9 cm³/mol. The highest BCUT2D eigenvalue weighted by molar-refractivity contribution is 6.39. The molecule has 6 nitrogen and oxygen atoms in total. The van der Waals surface area contributed by atoms with Gasteiger partial charge in [0.2, 0.25) is 5.91 Å². The monoisotopic (exact) mass is 331 g/mol. The van der Waals surface area contributed by atoms with Crippen LogP contribution < -0.4 is 15.5 Å². The van der Waals surface area contributed by atoms with Gasteiger partial charge in [-0.2, -0.15) is 0 Å². The number of nitrogens with zero attached hydrogens (tertiary/aromatic N) is 1. The van der Waals surface area contributed by atoms with E-state index in [-0.39, 0.29) is 17.9 Å². The summed E-state index contributed by atoms with van der Waals surface area (Å²) in [6, 6.07) is 5.31. The quantitative estimate of drug-likeness (QED) is 0.833. The SMILES string of the molecule is CC(C)NC(=O)C(=O)Nc1ccc2c(c1)CCCN2C(=O)C(C)C. The van der Waals surface area contributed by atoms with Crippen LogP contribution in [0.5, 0.6) is 0 Å². The maximum Gasteiger partial charge on any atom is 0.313 e. The average Bonchev–Trinajstić information content (AvgIpc) is 2.52. The number of anilines is 2. The van der Waals surface area contributed by atoms with Gasteiger partial charge in [0.15, 0.2) is 0 Å². The average molecular weight is 331 g/mol. The summed E-state index contributed by atoms with van der Waals surface area (Å²) in [6.07, 6.45) is 1.73. The smallest absolute Gasteiger partial charge is 0.313 e. The summed E-state index contributed by atoms with van der Waals surface area (Å²) in [5.41, 5.74) is 2.47. The number of carbonyl (C=O) groups excluding carboxylic acids is 3. The molecule has 0 fully saturated rings. The first-order valence-corrected chi connectivity index (χ1v) is 8.35. The van der Waals surface area contributed by atoms with E-state index in [1.165, 1.54) is 0 Å². The number of amides is 3. The summed E-state index contributed by atoms with van der Waals surface area (Å²) in [5.74, 6) is -1.30. The molecule has 2 rings (SSSR count). The first-order valence-electron chi connectivity index (χ1n) is 8.35. The van der Waals surface area contributed by atoms with Gasteiger partial charge in [0, 0.05) is 29.9 Å². The van der Waals surface area contributed by atoms with Crippen molar-refractivity contribution in [3.63, 3.8) is 0 Å². The van der Waals surface area contributed by atoms with E-state index in [1.807, 2.05) is 26.0 Å². The minimum atomic E-state index is -0.686. The van der Waals surface area contributed by atoms with Gasteiger partial charge >= 0.3 is 11.8 Å². The van der Waals surface area contributed by atoms with Crippen LogP contribution in [-0.4, -0.2) is 30.3 Å². The van der Waals surface area contributed by atoms with Crippen molar-refractivity contribution in [2.24, 2.45) is 5.92 Å². The molecule has 1 heterocycles. The minimum absolute atomic E-state index is 0.0601. The molecule has 3 amide bonds. The van der Waals surface area contributed by atoms with E-state index >= 15 is 0 Å². The summed E-state index contributed by atoms with van der Waals surface area (Å²) in [7, 11) is 0. The molecule has 1 aliphatic rings. The second-order valence-electron chi connectivity index (χ2n) is 6.67. The van der Waals surface area contributed by atoms with Gasteiger partial charge < -0.3 is 15.5 Å². The van der Waals surface area contributed by atoms with Gasteiger partial charge in [0.05, 0.1) is 0 Å². The zero-order chi connectivity index (χ0) is 17.9. The van der Waals surface area contributed by atoms with Gasteiger partial charge in [-0.25, -0.2) is 0 Å². The van der Waals surface area contributed by atoms with Crippen LogP contribution in [0.4, 0.5) is 11.4 Å². The van der Waals surface area contributed by atoms with Gasteiger partial charge in [-0.15, -0.1) is 0 Å². The summed E-state index contributed by atoms with van der Waals surface area (Å²) < 4.78 is 0. The first kappa shape index (κ1) is 18.0. The predicted octanol–water partition coefficient (Wildman–Crippen LogP) is 2.08. The Bertz CT molecular complexity index is 653. The fourth-order valence-electron chi connectivity index (χ4n) is 2.73. The van der Waals surface area contributed by atoms with Crippen LogP contribution in [0, 0.1) is 5.92 Å². The molecule has 24 heavy (non-hydrogen) atoms. The van der Waals surface area contributed by atoms with Crippen LogP contribution >= 0.6 is 0 Å². The topological polar surface area (TPSA) is 78.5 Å². The van der Waals surface area contributed by atoms with Gasteiger partial charge in [-0.05, 0) is 50.5 Å². The van der Waals surface area contributed by atoms with Crippen LogP contribution in [0.3, 0.4) is 0 Å². The Morgan fingerprint density at radius 3 is 2.42 bits per heavy atom. The van der Waals surface area contributed by atoms with Gasteiger partial charge in [0.1, 0.15) is 0 Å². The summed E-state index contributed by atoms with van der Waals surface area (Å²) in [5, 5.41) is 5.17. The van der Waals surface area contributed by atoms with Crippen molar-refractivity contribution in [3.05, 3.63) is 23.8 Å². The summed E-state index contributed by atoms with van der Waals surface area (Å²) in [4.78, 5) is 37.7. The lowest BCUT2D eigenvalue weighted by Gasteiger charge is -2.31. The van der Waals surface area contributed by atoms with Gasteiger partial charge in [-0.1, -0.05) is 13.8 Å². The van der Waals surface area contributed by atoms with Crippen molar-refractivity contribution in [1.29, 1.82) is 0 Å². The number of carbonyl (C=O) groups is 3. The van der Waals surface area contributed by atoms with Crippen LogP contribution in [0.25, 0.3) is 0 Å². The number of hydrogen-bond acceptors (Lipinski definition) is 3. The molecular formula is C18H25N3O3. The molecule has 1 aliphatic heterocycles. The number of nitrogens with one attached hydrogen (secondary N) is 2. The molecule has 0 aromatic heterocycles. The van der Waals surface area contributed by atoms with Gasteiger partial charge in [0.25, 0.3) is 0 Å². The zero-order valence-electron chi connectivity index (χ0n) is 14.7. The zero-order valence-corrected chi connectivity index (χ0v) is 14.7. The van der Waals surface area contributed by atoms with E-state index < -0.39 is 11.8 Å². The Balaban J connectivity index is 2.15. The molecule has 0 bridgehead atoms. The van der Waals surface area contributed by atoms with Crippen molar-refractivity contribution in [2.75, 3.05) is 16.8 Å². The minimum Gasteiger partial charge on any atom is -0.346 e. The number of rotatable bonds is 3. The third kappa shape index (κ3) is 4.13. The first-order chi connectivity index (χ1) is 11.3. The van der Waals surface area contributed by atoms with Crippen LogP contribution in [-0.2, 0) is 20.8 Å². The van der Waals surface area contributed by atoms with Crippen molar-refractivity contribution in [2.45, 2.75) is 46.6 Å². The molecule has 1 aromatic rings. The number of fused-ring (bicyclic) bond motifs is 1. The molecule has 0 radical (unpaired) electrons. The summed E-state index contributed by atoms with van der Waals surface area (Å²) in [6.45, 7) is 8.08. The van der Waals surface area contributed by atoms with E-state index in [2.05, 4.69) is 10.6 Å². The molecule has 130 valence electrons. The van der Waals surface area contributed by atoms with Crippen LogP contribution in [0.2, 0.25) is 0 Å². The Labute approximate surface area is 142 Å². The van der Waals surface area contributed by atoms with E-state index in [9.17, 15) is 14.4 Å². The number of benzene rings is 1. The van der Waals surface area contributed by atoms with Crippen molar-refractivity contribution in [3.8, 4) is 0 Å². The summed E-state index contributed by atoms with van der Waals surface area (Å²) >= 11 is 0. The molecule has 0 saturated heterocycles. The molecule has 1 aromatic carbocycles.